The maximum atomic E-state index is 12.0. The van der Waals surface area contributed by atoms with Crippen LogP contribution in [0.2, 0.25) is 5.02 Å². The van der Waals surface area contributed by atoms with Crippen molar-refractivity contribution in [2.45, 2.75) is 6.92 Å². The van der Waals surface area contributed by atoms with Gasteiger partial charge in [-0.25, -0.2) is 4.79 Å². The monoisotopic (exact) mass is 264 g/mol. The molecule has 2 rings (SSSR count). The van der Waals surface area contributed by atoms with Crippen molar-refractivity contribution in [3.63, 3.8) is 0 Å². The van der Waals surface area contributed by atoms with Crippen LogP contribution in [-0.2, 0) is 4.79 Å². The summed E-state index contributed by atoms with van der Waals surface area (Å²) in [6.45, 7) is 1.81. The van der Waals surface area contributed by atoms with Gasteiger partial charge in [0, 0.05) is 6.08 Å². The summed E-state index contributed by atoms with van der Waals surface area (Å²) in [7, 11) is 0. The lowest BCUT2D eigenvalue weighted by Crippen LogP contribution is -2.05. The standard InChI is InChI=1S/C13H9ClO4/c1-7-2-4-9-12(17)8(3-5-10(15)16)6-18-13(9)11(7)14/h2-6H,1H3,(H,15,16)/b5-3+. The fourth-order valence-corrected chi connectivity index (χ4v) is 1.77. The van der Waals surface area contributed by atoms with Crippen molar-refractivity contribution in [2.24, 2.45) is 0 Å². The van der Waals surface area contributed by atoms with Gasteiger partial charge in [0.1, 0.15) is 6.26 Å². The molecule has 1 N–H and O–H groups in total. The first-order valence-corrected chi connectivity index (χ1v) is 5.50. The normalized spacial score (nSPS) is 11.2. The molecule has 0 bridgehead atoms. The number of aryl methyl sites for hydroxylation is 1. The lowest BCUT2D eigenvalue weighted by Gasteiger charge is -2.02. The van der Waals surface area contributed by atoms with E-state index in [4.69, 9.17) is 21.1 Å². The average Bonchev–Trinajstić information content (AvgIpc) is 2.33. The molecule has 0 spiro atoms. The number of rotatable bonds is 2. The second-order valence-corrected chi connectivity index (χ2v) is 4.14. The maximum Gasteiger partial charge on any atom is 0.328 e. The van der Waals surface area contributed by atoms with Crippen molar-refractivity contribution in [1.29, 1.82) is 0 Å². The summed E-state index contributed by atoms with van der Waals surface area (Å²) in [6.07, 6.45) is 3.28. The molecule has 92 valence electrons. The minimum atomic E-state index is -1.13. The number of hydrogen-bond donors (Lipinski definition) is 1. The number of halogens is 1. The van der Waals surface area contributed by atoms with Crippen molar-refractivity contribution < 1.29 is 14.3 Å². The van der Waals surface area contributed by atoms with Crippen LogP contribution in [0.3, 0.4) is 0 Å². The third kappa shape index (κ3) is 2.15. The summed E-state index contributed by atoms with van der Waals surface area (Å²) in [5, 5.41) is 9.24. The van der Waals surface area contributed by atoms with Crippen LogP contribution < -0.4 is 5.43 Å². The van der Waals surface area contributed by atoms with Crippen LogP contribution in [0.5, 0.6) is 0 Å². The Morgan fingerprint density at radius 3 is 2.83 bits per heavy atom. The Balaban J connectivity index is 2.70. The molecule has 0 atom stereocenters. The number of carbonyl (C=O) groups is 1. The quantitative estimate of drug-likeness (QED) is 0.847. The van der Waals surface area contributed by atoms with E-state index in [2.05, 4.69) is 0 Å². The molecule has 0 aliphatic rings. The molecule has 0 radical (unpaired) electrons. The first kappa shape index (κ1) is 12.4. The zero-order chi connectivity index (χ0) is 13.3. The number of hydrogen-bond acceptors (Lipinski definition) is 3. The van der Waals surface area contributed by atoms with Gasteiger partial charge < -0.3 is 9.52 Å². The van der Waals surface area contributed by atoms with E-state index in [0.29, 0.717) is 16.0 Å². The van der Waals surface area contributed by atoms with E-state index in [1.165, 1.54) is 12.3 Å². The highest BCUT2D eigenvalue weighted by Crippen LogP contribution is 2.25. The molecule has 0 unspecified atom stereocenters. The van der Waals surface area contributed by atoms with Gasteiger partial charge in [0.05, 0.1) is 16.0 Å². The lowest BCUT2D eigenvalue weighted by atomic mass is 10.1. The molecule has 2 aromatic rings. The predicted molar refractivity (Wildman–Crippen MR) is 68.9 cm³/mol. The summed E-state index contributed by atoms with van der Waals surface area (Å²) in [5.41, 5.74) is 0.982. The molecule has 0 amide bonds. The highest BCUT2D eigenvalue weighted by Gasteiger charge is 2.09. The second kappa shape index (κ2) is 4.66. The van der Waals surface area contributed by atoms with Gasteiger partial charge in [0.2, 0.25) is 0 Å². The van der Waals surface area contributed by atoms with E-state index in [1.54, 1.807) is 19.1 Å². The summed E-state index contributed by atoms with van der Waals surface area (Å²) in [4.78, 5) is 22.4. The second-order valence-electron chi connectivity index (χ2n) is 3.76. The zero-order valence-corrected chi connectivity index (χ0v) is 10.2. The van der Waals surface area contributed by atoms with Gasteiger partial charge in [-0.2, -0.15) is 0 Å². The molecule has 5 heteroatoms. The summed E-state index contributed by atoms with van der Waals surface area (Å²) >= 11 is 6.03. The van der Waals surface area contributed by atoms with E-state index in [1.807, 2.05) is 0 Å². The molecule has 4 nitrogen and oxygen atoms in total. The Bertz CT molecular complexity index is 713. The predicted octanol–water partition coefficient (Wildman–Crippen LogP) is 2.85. The summed E-state index contributed by atoms with van der Waals surface area (Å²) in [6, 6.07) is 3.33. The maximum absolute atomic E-state index is 12.0. The number of carboxylic acids is 1. The molecular weight excluding hydrogens is 256 g/mol. The third-order valence-corrected chi connectivity index (χ3v) is 2.98. The van der Waals surface area contributed by atoms with Crippen LogP contribution in [0.1, 0.15) is 11.1 Å². The number of fused-ring (bicyclic) bond motifs is 1. The first-order chi connectivity index (χ1) is 8.50. The number of aliphatic carboxylic acids is 1. The van der Waals surface area contributed by atoms with Gasteiger partial charge in [-0.1, -0.05) is 17.7 Å². The molecule has 1 heterocycles. The highest BCUT2D eigenvalue weighted by atomic mass is 35.5. The Morgan fingerprint density at radius 1 is 1.44 bits per heavy atom. The Kier molecular flexibility index (Phi) is 3.21. The van der Waals surface area contributed by atoms with Gasteiger partial charge in [-0.3, -0.25) is 4.79 Å². The minimum Gasteiger partial charge on any atom is -0.478 e. The van der Waals surface area contributed by atoms with Crippen LogP contribution >= 0.6 is 11.6 Å². The van der Waals surface area contributed by atoms with E-state index in [0.717, 1.165) is 11.6 Å². The molecule has 18 heavy (non-hydrogen) atoms. The number of carboxylic acid groups (broad SMARTS) is 1. The van der Waals surface area contributed by atoms with Crippen LogP contribution in [0.25, 0.3) is 17.0 Å². The van der Waals surface area contributed by atoms with Gasteiger partial charge in [0.25, 0.3) is 0 Å². The fraction of sp³-hybridized carbons (Fsp3) is 0.0769. The zero-order valence-electron chi connectivity index (χ0n) is 9.44. The Hall–Kier alpha value is -2.07. The molecule has 0 aliphatic heterocycles. The van der Waals surface area contributed by atoms with E-state index in [9.17, 15) is 9.59 Å². The topological polar surface area (TPSA) is 67.5 Å². The van der Waals surface area contributed by atoms with E-state index >= 15 is 0 Å². The van der Waals surface area contributed by atoms with Crippen molar-refractivity contribution in [2.75, 3.05) is 0 Å². The van der Waals surface area contributed by atoms with Crippen LogP contribution in [0, 0.1) is 6.92 Å². The molecule has 0 fully saturated rings. The van der Waals surface area contributed by atoms with Gasteiger partial charge in [-0.15, -0.1) is 0 Å². The Labute approximate surface area is 107 Å². The summed E-state index contributed by atoms with van der Waals surface area (Å²) in [5.74, 6) is -1.13. The van der Waals surface area contributed by atoms with Gasteiger partial charge in [0.15, 0.2) is 11.0 Å². The molecular formula is C13H9ClO4. The van der Waals surface area contributed by atoms with Crippen molar-refractivity contribution in [1.82, 2.24) is 0 Å². The molecule has 1 aromatic carbocycles. The van der Waals surface area contributed by atoms with Gasteiger partial charge in [-0.05, 0) is 24.6 Å². The molecule has 1 aromatic heterocycles. The minimum absolute atomic E-state index is 0.171. The first-order valence-electron chi connectivity index (χ1n) is 5.12. The van der Waals surface area contributed by atoms with Crippen LogP contribution in [0.15, 0.2) is 33.7 Å². The SMILES string of the molecule is Cc1ccc2c(=O)c(/C=C/C(=O)O)coc2c1Cl. The smallest absolute Gasteiger partial charge is 0.328 e. The van der Waals surface area contributed by atoms with E-state index in [-0.39, 0.29) is 11.0 Å². The summed E-state index contributed by atoms with van der Waals surface area (Å²) < 4.78 is 5.29. The van der Waals surface area contributed by atoms with Crippen LogP contribution in [0.4, 0.5) is 0 Å². The molecule has 0 aliphatic carbocycles. The molecule has 0 saturated heterocycles. The fourth-order valence-electron chi connectivity index (χ4n) is 1.56. The van der Waals surface area contributed by atoms with E-state index < -0.39 is 5.97 Å². The van der Waals surface area contributed by atoms with Crippen molar-refractivity contribution in [3.05, 3.63) is 50.8 Å². The Morgan fingerprint density at radius 2 is 2.17 bits per heavy atom. The molecule has 0 saturated carbocycles. The largest absolute Gasteiger partial charge is 0.478 e. The van der Waals surface area contributed by atoms with Crippen molar-refractivity contribution >= 4 is 34.6 Å². The number of benzene rings is 1. The lowest BCUT2D eigenvalue weighted by molar-refractivity contribution is -0.131. The third-order valence-electron chi connectivity index (χ3n) is 2.51. The van der Waals surface area contributed by atoms with Gasteiger partial charge >= 0.3 is 5.97 Å². The van der Waals surface area contributed by atoms with Crippen molar-refractivity contribution in [3.8, 4) is 0 Å². The highest BCUT2D eigenvalue weighted by molar-refractivity contribution is 6.35. The van der Waals surface area contributed by atoms with Crippen LogP contribution in [-0.4, -0.2) is 11.1 Å². The average molecular weight is 265 g/mol.